The van der Waals surface area contributed by atoms with Crippen molar-refractivity contribution in [2.45, 2.75) is 32.6 Å². The average molecular weight is 317 g/mol. The monoisotopic (exact) mass is 317 g/mol. The fourth-order valence-electron chi connectivity index (χ4n) is 2.82. The molecule has 1 fully saturated rings. The second-order valence-electron chi connectivity index (χ2n) is 6.33. The molecule has 2 rings (SSSR count). The van der Waals surface area contributed by atoms with Gasteiger partial charge in [0, 0.05) is 18.8 Å². The van der Waals surface area contributed by atoms with Crippen molar-refractivity contribution in [2.24, 2.45) is 5.92 Å². The molecule has 0 saturated carbocycles. The quantitative estimate of drug-likeness (QED) is 0.596. The lowest BCUT2D eigenvalue weighted by atomic mass is 10.0. The molecule has 1 aliphatic heterocycles. The fraction of sp³-hybridized carbons (Fsp3) is 0.556. The fourth-order valence-corrected chi connectivity index (χ4v) is 2.82. The number of nitrogens with zero attached hydrogens (tertiary/aromatic N) is 1. The van der Waals surface area contributed by atoms with Crippen LogP contribution in [0.5, 0.6) is 0 Å². The Kier molecular flexibility index (Phi) is 6.16. The molecule has 1 unspecified atom stereocenters. The van der Waals surface area contributed by atoms with Crippen LogP contribution in [0.1, 0.15) is 38.2 Å². The van der Waals surface area contributed by atoms with E-state index in [4.69, 9.17) is 0 Å². The maximum absolute atomic E-state index is 12.5. The van der Waals surface area contributed by atoms with Gasteiger partial charge in [-0.2, -0.15) is 0 Å². The highest BCUT2D eigenvalue weighted by Gasteiger charge is 2.37. The molecule has 1 saturated heterocycles. The number of carbonyl (C=O) groups excluding carboxylic acids is 2. The third-order valence-electron chi connectivity index (χ3n) is 4.30. The summed E-state index contributed by atoms with van der Waals surface area (Å²) in [6.07, 6.45) is 1.45. The lowest BCUT2D eigenvalue weighted by Gasteiger charge is -2.18. The van der Waals surface area contributed by atoms with E-state index in [9.17, 15) is 9.59 Å². The Hall–Kier alpha value is -1.88. The summed E-state index contributed by atoms with van der Waals surface area (Å²) in [6.45, 7) is 6.35. The van der Waals surface area contributed by atoms with Crippen LogP contribution in [0.2, 0.25) is 0 Å². The van der Waals surface area contributed by atoms with E-state index in [-0.39, 0.29) is 11.8 Å². The van der Waals surface area contributed by atoms with E-state index in [2.05, 4.69) is 36.6 Å². The summed E-state index contributed by atoms with van der Waals surface area (Å²) >= 11 is 0. The molecule has 1 atom stereocenters. The van der Waals surface area contributed by atoms with Crippen molar-refractivity contribution in [1.82, 2.24) is 10.6 Å². The smallest absolute Gasteiger partial charge is 0.239 e. The summed E-state index contributed by atoms with van der Waals surface area (Å²) in [4.78, 5) is 26.4. The zero-order chi connectivity index (χ0) is 16.8. The first-order valence-electron chi connectivity index (χ1n) is 8.38. The number of nitrogens with one attached hydrogen (secondary N) is 2. The van der Waals surface area contributed by atoms with E-state index in [1.54, 1.807) is 4.90 Å². The van der Waals surface area contributed by atoms with Gasteiger partial charge in [0.05, 0.1) is 0 Å². The number of rotatable bonds is 7. The van der Waals surface area contributed by atoms with E-state index < -0.39 is 5.92 Å². The molecule has 1 aromatic carbocycles. The number of hydrogen-bond donors (Lipinski definition) is 2. The molecule has 0 aliphatic carbocycles. The SMILES string of the molecule is CNCCCNC(=O)C1CCN(c2ccc(C(C)C)cc2)C1=O. The molecule has 1 aromatic rings. The van der Waals surface area contributed by atoms with Gasteiger partial charge in [-0.1, -0.05) is 26.0 Å². The highest BCUT2D eigenvalue weighted by molar-refractivity contribution is 6.09. The molecule has 0 spiro atoms. The van der Waals surface area contributed by atoms with Crippen molar-refractivity contribution < 1.29 is 9.59 Å². The second-order valence-corrected chi connectivity index (χ2v) is 6.33. The topological polar surface area (TPSA) is 61.4 Å². The summed E-state index contributed by atoms with van der Waals surface area (Å²) in [5, 5.41) is 5.89. The van der Waals surface area contributed by atoms with Crippen LogP contribution >= 0.6 is 0 Å². The highest BCUT2D eigenvalue weighted by Crippen LogP contribution is 2.27. The van der Waals surface area contributed by atoms with Gasteiger partial charge >= 0.3 is 0 Å². The molecule has 0 radical (unpaired) electrons. The Labute approximate surface area is 138 Å². The third-order valence-corrected chi connectivity index (χ3v) is 4.30. The Morgan fingerprint density at radius 1 is 1.26 bits per heavy atom. The van der Waals surface area contributed by atoms with Gasteiger partial charge in [0.1, 0.15) is 5.92 Å². The van der Waals surface area contributed by atoms with Crippen LogP contribution in [0.4, 0.5) is 5.69 Å². The number of hydrogen-bond acceptors (Lipinski definition) is 3. The zero-order valence-electron chi connectivity index (χ0n) is 14.3. The van der Waals surface area contributed by atoms with Crippen LogP contribution in [0, 0.1) is 5.92 Å². The molecule has 5 heteroatoms. The molecular weight excluding hydrogens is 290 g/mol. The lowest BCUT2D eigenvalue weighted by Crippen LogP contribution is -2.37. The first-order chi connectivity index (χ1) is 11.0. The van der Waals surface area contributed by atoms with Gasteiger partial charge in [0.15, 0.2) is 0 Å². The minimum Gasteiger partial charge on any atom is -0.355 e. The van der Waals surface area contributed by atoms with E-state index >= 15 is 0 Å². The predicted molar refractivity (Wildman–Crippen MR) is 92.5 cm³/mol. The molecule has 2 N–H and O–H groups in total. The maximum Gasteiger partial charge on any atom is 0.239 e. The van der Waals surface area contributed by atoms with Crippen LogP contribution in [0.15, 0.2) is 24.3 Å². The van der Waals surface area contributed by atoms with Crippen LogP contribution in [-0.2, 0) is 9.59 Å². The molecular formula is C18H27N3O2. The maximum atomic E-state index is 12.5. The number of anilines is 1. The molecule has 0 bridgehead atoms. The van der Waals surface area contributed by atoms with Crippen LogP contribution in [-0.4, -0.2) is 38.5 Å². The van der Waals surface area contributed by atoms with E-state index in [0.29, 0.717) is 25.4 Å². The van der Waals surface area contributed by atoms with E-state index in [1.165, 1.54) is 5.56 Å². The summed E-state index contributed by atoms with van der Waals surface area (Å²) < 4.78 is 0. The molecule has 126 valence electrons. The Morgan fingerprint density at radius 3 is 2.57 bits per heavy atom. The molecule has 23 heavy (non-hydrogen) atoms. The van der Waals surface area contributed by atoms with Gasteiger partial charge in [-0.3, -0.25) is 9.59 Å². The van der Waals surface area contributed by atoms with Crippen molar-refractivity contribution in [3.05, 3.63) is 29.8 Å². The van der Waals surface area contributed by atoms with Gasteiger partial charge in [0.2, 0.25) is 11.8 Å². The first kappa shape index (κ1) is 17.5. The number of carbonyl (C=O) groups is 2. The van der Waals surface area contributed by atoms with Crippen LogP contribution in [0.3, 0.4) is 0 Å². The van der Waals surface area contributed by atoms with Gasteiger partial charge in [0.25, 0.3) is 0 Å². The first-order valence-corrected chi connectivity index (χ1v) is 8.38. The summed E-state index contributed by atoms with van der Waals surface area (Å²) in [5.41, 5.74) is 2.13. The largest absolute Gasteiger partial charge is 0.355 e. The highest BCUT2D eigenvalue weighted by atomic mass is 16.2. The average Bonchev–Trinajstić information content (AvgIpc) is 2.93. The van der Waals surface area contributed by atoms with Crippen LogP contribution < -0.4 is 15.5 Å². The van der Waals surface area contributed by atoms with E-state index in [0.717, 1.165) is 18.7 Å². The van der Waals surface area contributed by atoms with Crippen molar-refractivity contribution >= 4 is 17.5 Å². The number of benzene rings is 1. The minimum atomic E-state index is -0.547. The molecule has 1 aliphatic rings. The van der Waals surface area contributed by atoms with Crippen molar-refractivity contribution in [3.63, 3.8) is 0 Å². The minimum absolute atomic E-state index is 0.0894. The predicted octanol–water partition coefficient (Wildman–Crippen LogP) is 1.89. The molecule has 1 heterocycles. The van der Waals surface area contributed by atoms with Gasteiger partial charge < -0.3 is 15.5 Å². The summed E-state index contributed by atoms with van der Waals surface area (Å²) in [5.74, 6) is -0.315. The standard InChI is InChI=1S/C18H27N3O2/c1-13(2)14-5-7-15(8-6-14)21-12-9-16(18(21)23)17(22)20-11-4-10-19-3/h5-8,13,16,19H,4,9-12H2,1-3H3,(H,20,22). The van der Waals surface area contributed by atoms with Crippen molar-refractivity contribution in [3.8, 4) is 0 Å². The second kappa shape index (κ2) is 8.11. The summed E-state index contributed by atoms with van der Waals surface area (Å²) in [7, 11) is 1.88. The lowest BCUT2D eigenvalue weighted by molar-refractivity contribution is -0.132. The van der Waals surface area contributed by atoms with Gasteiger partial charge in [-0.05, 0) is 50.0 Å². The summed E-state index contributed by atoms with van der Waals surface area (Å²) in [6, 6.07) is 8.05. The van der Waals surface area contributed by atoms with Gasteiger partial charge in [-0.15, -0.1) is 0 Å². The number of amides is 2. The van der Waals surface area contributed by atoms with E-state index in [1.807, 2.05) is 19.2 Å². The van der Waals surface area contributed by atoms with Crippen molar-refractivity contribution in [1.29, 1.82) is 0 Å². The Balaban J connectivity index is 1.94. The Morgan fingerprint density at radius 2 is 1.96 bits per heavy atom. The normalized spacial score (nSPS) is 17.8. The Bertz CT molecular complexity index is 540. The molecule has 0 aromatic heterocycles. The van der Waals surface area contributed by atoms with Crippen LogP contribution in [0.25, 0.3) is 0 Å². The van der Waals surface area contributed by atoms with Gasteiger partial charge in [-0.25, -0.2) is 0 Å². The molecule has 2 amide bonds. The zero-order valence-corrected chi connectivity index (χ0v) is 14.3. The third kappa shape index (κ3) is 4.32. The van der Waals surface area contributed by atoms with Crippen molar-refractivity contribution in [2.75, 3.05) is 31.6 Å². The molecule has 5 nitrogen and oxygen atoms in total.